The molecule has 0 saturated carbocycles. The zero-order valence-corrected chi connectivity index (χ0v) is 17.6. The Bertz CT molecular complexity index is 1060. The Balaban J connectivity index is 1.92. The molecule has 1 aromatic heterocycles. The number of nitrogens with zero attached hydrogens (tertiary/aromatic N) is 3. The number of rotatable bonds is 4. The largest absolute Gasteiger partial charge is 0.508 e. The third-order valence-electron chi connectivity index (χ3n) is 4.73. The van der Waals surface area contributed by atoms with Gasteiger partial charge in [-0.15, -0.1) is 5.10 Å². The second-order valence-electron chi connectivity index (χ2n) is 8.05. The number of aromatic hydroxyl groups is 1. The highest BCUT2D eigenvalue weighted by atomic mass is 16.5. The second-order valence-corrected chi connectivity index (χ2v) is 8.05. The molecule has 0 spiro atoms. The molecule has 152 valence electrons. The van der Waals surface area contributed by atoms with Crippen molar-refractivity contribution < 1.29 is 14.6 Å². The van der Waals surface area contributed by atoms with E-state index >= 15 is 0 Å². The maximum atomic E-state index is 12.8. The molecule has 3 rings (SSSR count). The fourth-order valence-corrected chi connectivity index (χ4v) is 3.14. The van der Waals surface area contributed by atoms with Crippen LogP contribution in [0.25, 0.3) is 5.69 Å². The van der Waals surface area contributed by atoms with Gasteiger partial charge in [0.1, 0.15) is 17.2 Å². The molecule has 0 aliphatic carbocycles. The van der Waals surface area contributed by atoms with Gasteiger partial charge in [-0.25, -0.2) is 4.68 Å². The van der Waals surface area contributed by atoms with Crippen molar-refractivity contribution >= 4 is 11.6 Å². The number of benzene rings is 2. The number of anilines is 1. The summed E-state index contributed by atoms with van der Waals surface area (Å²) in [5, 5.41) is 21.2. The molecule has 2 aromatic carbocycles. The highest BCUT2D eigenvalue weighted by Crippen LogP contribution is 2.33. The number of phenolic OH excluding ortho intramolecular Hbond substituents is 1. The third kappa shape index (κ3) is 4.08. The van der Waals surface area contributed by atoms with Crippen LogP contribution < -0.4 is 10.1 Å². The highest BCUT2D eigenvalue weighted by molar-refractivity contribution is 6.03. The molecule has 0 fully saturated rings. The van der Waals surface area contributed by atoms with Crippen LogP contribution in [0.3, 0.4) is 0 Å². The van der Waals surface area contributed by atoms with Crippen molar-refractivity contribution in [2.75, 3.05) is 12.4 Å². The van der Waals surface area contributed by atoms with Crippen LogP contribution in [0.1, 0.15) is 48.1 Å². The fraction of sp³-hybridized carbons (Fsp3) is 0.318. The van der Waals surface area contributed by atoms with Crippen molar-refractivity contribution in [1.29, 1.82) is 0 Å². The quantitative estimate of drug-likeness (QED) is 0.649. The van der Waals surface area contributed by atoms with Crippen molar-refractivity contribution in [3.8, 4) is 17.2 Å². The van der Waals surface area contributed by atoms with E-state index in [1.807, 2.05) is 45.9 Å². The minimum atomic E-state index is -0.370. The standard InChI is InChI=1S/C22H26N4O3/c1-13-7-10-19(29-6)17(11-13)26-14(2)20(24-25-26)21(28)23-15-8-9-18(27)16(12-15)22(3,4)5/h7-12,27H,1-6H3,(H,23,28). The van der Waals surface area contributed by atoms with Crippen LogP contribution in [0.15, 0.2) is 36.4 Å². The summed E-state index contributed by atoms with van der Waals surface area (Å²) in [4.78, 5) is 12.8. The molecule has 1 heterocycles. The minimum Gasteiger partial charge on any atom is -0.508 e. The molecule has 0 atom stereocenters. The van der Waals surface area contributed by atoms with Crippen molar-refractivity contribution in [3.05, 3.63) is 58.9 Å². The predicted molar refractivity (Wildman–Crippen MR) is 112 cm³/mol. The summed E-state index contributed by atoms with van der Waals surface area (Å²) in [6.07, 6.45) is 0. The van der Waals surface area contributed by atoms with Crippen molar-refractivity contribution in [2.45, 2.75) is 40.0 Å². The molecular weight excluding hydrogens is 368 g/mol. The normalized spacial score (nSPS) is 11.4. The van der Waals surface area contributed by atoms with Crippen LogP contribution in [0.5, 0.6) is 11.5 Å². The zero-order valence-electron chi connectivity index (χ0n) is 17.6. The number of ether oxygens (including phenoxy) is 1. The number of carbonyl (C=O) groups excluding carboxylic acids is 1. The van der Waals surface area contributed by atoms with Gasteiger partial charge in [0, 0.05) is 11.3 Å². The lowest BCUT2D eigenvalue weighted by Gasteiger charge is -2.21. The Hall–Kier alpha value is -3.35. The van der Waals surface area contributed by atoms with E-state index in [1.54, 1.807) is 36.9 Å². The van der Waals surface area contributed by atoms with E-state index in [9.17, 15) is 9.90 Å². The molecule has 0 aliphatic heterocycles. The average molecular weight is 394 g/mol. The van der Waals surface area contributed by atoms with Crippen LogP contribution in [0.2, 0.25) is 0 Å². The summed E-state index contributed by atoms with van der Waals surface area (Å²) < 4.78 is 7.01. The molecule has 1 amide bonds. The van der Waals surface area contributed by atoms with Crippen LogP contribution >= 0.6 is 0 Å². The van der Waals surface area contributed by atoms with Gasteiger partial charge in [0.15, 0.2) is 5.69 Å². The van der Waals surface area contributed by atoms with E-state index in [2.05, 4.69) is 15.6 Å². The van der Waals surface area contributed by atoms with E-state index in [4.69, 9.17) is 4.74 Å². The van der Waals surface area contributed by atoms with Crippen molar-refractivity contribution in [1.82, 2.24) is 15.0 Å². The van der Waals surface area contributed by atoms with Gasteiger partial charge in [-0.1, -0.05) is 32.1 Å². The van der Waals surface area contributed by atoms with Crippen LogP contribution in [-0.2, 0) is 5.41 Å². The summed E-state index contributed by atoms with van der Waals surface area (Å²) in [5.41, 5.74) is 3.66. The first-order valence-corrected chi connectivity index (χ1v) is 9.34. The molecule has 7 nitrogen and oxygen atoms in total. The number of methoxy groups -OCH3 is 1. The zero-order chi connectivity index (χ0) is 21.3. The molecule has 0 saturated heterocycles. The summed E-state index contributed by atoms with van der Waals surface area (Å²) in [5.74, 6) is 0.471. The number of nitrogens with one attached hydrogen (secondary N) is 1. The third-order valence-corrected chi connectivity index (χ3v) is 4.73. The van der Waals surface area contributed by atoms with E-state index in [1.165, 1.54) is 0 Å². The van der Waals surface area contributed by atoms with E-state index in [0.29, 0.717) is 17.1 Å². The summed E-state index contributed by atoms with van der Waals surface area (Å²) in [6, 6.07) is 10.7. The van der Waals surface area contributed by atoms with E-state index < -0.39 is 0 Å². The first kappa shape index (κ1) is 20.4. The van der Waals surface area contributed by atoms with Gasteiger partial charge in [0.05, 0.1) is 12.8 Å². The minimum absolute atomic E-state index is 0.198. The van der Waals surface area contributed by atoms with Gasteiger partial charge in [-0.05, 0) is 55.2 Å². The predicted octanol–water partition coefficient (Wildman–Crippen LogP) is 4.15. The number of aryl methyl sites for hydroxylation is 1. The topological polar surface area (TPSA) is 89.3 Å². The number of phenols is 1. The lowest BCUT2D eigenvalue weighted by molar-refractivity contribution is 0.102. The molecule has 0 bridgehead atoms. The number of amides is 1. The molecule has 0 unspecified atom stereocenters. The van der Waals surface area contributed by atoms with Gasteiger partial charge in [0.25, 0.3) is 5.91 Å². The first-order chi connectivity index (χ1) is 13.6. The SMILES string of the molecule is COc1ccc(C)cc1-n1nnc(C(=O)Nc2ccc(O)c(C(C)(C)C)c2)c1C. The number of hydrogen-bond acceptors (Lipinski definition) is 5. The monoisotopic (exact) mass is 394 g/mol. The van der Waals surface area contributed by atoms with Crippen LogP contribution in [0.4, 0.5) is 5.69 Å². The molecule has 29 heavy (non-hydrogen) atoms. The Morgan fingerprint density at radius 2 is 1.86 bits per heavy atom. The maximum absolute atomic E-state index is 12.8. The lowest BCUT2D eigenvalue weighted by atomic mass is 9.86. The van der Waals surface area contributed by atoms with E-state index in [-0.39, 0.29) is 22.8 Å². The smallest absolute Gasteiger partial charge is 0.278 e. The van der Waals surface area contributed by atoms with Crippen molar-refractivity contribution in [3.63, 3.8) is 0 Å². The van der Waals surface area contributed by atoms with Crippen LogP contribution in [-0.4, -0.2) is 33.1 Å². The number of hydrogen-bond donors (Lipinski definition) is 2. The second kappa shape index (κ2) is 7.58. The molecule has 0 radical (unpaired) electrons. The molecule has 0 aliphatic rings. The Labute approximate surface area is 170 Å². The van der Waals surface area contributed by atoms with Gasteiger partial charge in [0.2, 0.25) is 0 Å². The van der Waals surface area contributed by atoms with Gasteiger partial charge in [-0.2, -0.15) is 0 Å². The molecule has 2 N–H and O–H groups in total. The summed E-state index contributed by atoms with van der Waals surface area (Å²) >= 11 is 0. The van der Waals surface area contributed by atoms with E-state index in [0.717, 1.165) is 16.8 Å². The Kier molecular flexibility index (Phi) is 5.33. The van der Waals surface area contributed by atoms with Gasteiger partial charge >= 0.3 is 0 Å². The van der Waals surface area contributed by atoms with Crippen LogP contribution in [0, 0.1) is 13.8 Å². The summed E-state index contributed by atoms with van der Waals surface area (Å²) in [7, 11) is 1.59. The fourth-order valence-electron chi connectivity index (χ4n) is 3.14. The number of aromatic nitrogens is 3. The highest BCUT2D eigenvalue weighted by Gasteiger charge is 2.22. The average Bonchev–Trinajstić information content (AvgIpc) is 3.03. The molecular formula is C22H26N4O3. The summed E-state index contributed by atoms with van der Waals surface area (Å²) in [6.45, 7) is 9.75. The Morgan fingerprint density at radius 1 is 1.14 bits per heavy atom. The van der Waals surface area contributed by atoms with Gasteiger partial charge < -0.3 is 15.2 Å². The Morgan fingerprint density at radius 3 is 2.52 bits per heavy atom. The maximum Gasteiger partial charge on any atom is 0.278 e. The number of carbonyl (C=O) groups is 1. The molecule has 7 heteroatoms. The first-order valence-electron chi connectivity index (χ1n) is 9.34. The van der Waals surface area contributed by atoms with Crippen molar-refractivity contribution in [2.24, 2.45) is 0 Å². The lowest BCUT2D eigenvalue weighted by Crippen LogP contribution is -2.16. The van der Waals surface area contributed by atoms with Gasteiger partial charge in [-0.3, -0.25) is 4.79 Å². The molecule has 3 aromatic rings.